The number of hydrogen-bond donors (Lipinski definition) is 2. The predicted octanol–water partition coefficient (Wildman–Crippen LogP) is 2.27. The molecular weight excluding hydrogens is 316 g/mol. The van der Waals surface area contributed by atoms with Crippen LogP contribution in [0.5, 0.6) is 0 Å². The minimum Gasteiger partial charge on any atom is -0.372 e. The highest BCUT2D eigenvalue weighted by Crippen LogP contribution is 2.27. The first-order chi connectivity index (χ1) is 12.2. The number of benzene rings is 1. The maximum absolute atomic E-state index is 12.3. The molecule has 0 unspecified atom stereocenters. The summed E-state index contributed by atoms with van der Waals surface area (Å²) in [6.07, 6.45) is 5.53. The number of rotatable bonds is 4. The lowest BCUT2D eigenvalue weighted by Gasteiger charge is -2.30. The van der Waals surface area contributed by atoms with E-state index in [1.54, 1.807) is 6.33 Å². The molecule has 3 heterocycles. The van der Waals surface area contributed by atoms with Gasteiger partial charge < -0.3 is 19.6 Å². The lowest BCUT2D eigenvalue weighted by Crippen LogP contribution is -2.37. The molecule has 130 valence electrons. The molecule has 0 saturated carbocycles. The number of nitrogens with one attached hydrogen (secondary N) is 2. The zero-order chi connectivity index (χ0) is 17.2. The summed E-state index contributed by atoms with van der Waals surface area (Å²) in [6.45, 7) is 1.27. The van der Waals surface area contributed by atoms with Crippen molar-refractivity contribution >= 4 is 10.9 Å². The van der Waals surface area contributed by atoms with E-state index < -0.39 is 0 Å². The van der Waals surface area contributed by atoms with E-state index in [1.165, 1.54) is 0 Å². The molecule has 0 spiro atoms. The van der Waals surface area contributed by atoms with Crippen molar-refractivity contribution in [3.63, 3.8) is 0 Å². The summed E-state index contributed by atoms with van der Waals surface area (Å²) in [4.78, 5) is 19.4. The Balaban J connectivity index is 1.45. The number of para-hydroxylation sites is 1. The van der Waals surface area contributed by atoms with E-state index in [9.17, 15) is 4.79 Å². The number of hydrogen-bond acceptors (Lipinski definition) is 4. The minimum atomic E-state index is -0.0264. The van der Waals surface area contributed by atoms with E-state index in [0.717, 1.165) is 35.0 Å². The summed E-state index contributed by atoms with van der Waals surface area (Å²) in [7, 11) is 1.98. The molecule has 6 heteroatoms. The van der Waals surface area contributed by atoms with Crippen molar-refractivity contribution in [2.45, 2.75) is 31.5 Å². The lowest BCUT2D eigenvalue weighted by molar-refractivity contribution is -0.00405. The van der Waals surface area contributed by atoms with Crippen LogP contribution in [0.1, 0.15) is 30.2 Å². The van der Waals surface area contributed by atoms with Crippen molar-refractivity contribution in [3.8, 4) is 0 Å². The molecule has 2 aromatic heterocycles. The van der Waals surface area contributed by atoms with Crippen LogP contribution in [0.25, 0.3) is 10.9 Å². The predicted molar refractivity (Wildman–Crippen MR) is 96.3 cm³/mol. The van der Waals surface area contributed by atoms with E-state index in [2.05, 4.69) is 15.3 Å². The standard InChI is InChI=1S/C19H22N4O2/c1-23-12-20-11-17(23)18-9-15(6-7-25-18)21-10-14-8-13-4-2-3-5-16(13)22-19(14)24/h2-5,8,11-12,15,18,21H,6-7,9-10H2,1H3,(H,22,24)/t15-,18-/m0/s1. The highest BCUT2D eigenvalue weighted by Gasteiger charge is 2.25. The second-order valence-electron chi connectivity index (χ2n) is 6.60. The fraction of sp³-hybridized carbons (Fsp3) is 0.368. The van der Waals surface area contributed by atoms with Gasteiger partial charge in [0.25, 0.3) is 5.56 Å². The first kappa shape index (κ1) is 16.1. The molecule has 1 fully saturated rings. The molecule has 2 N–H and O–H groups in total. The number of aromatic amines is 1. The molecule has 4 rings (SSSR count). The van der Waals surface area contributed by atoms with Gasteiger partial charge in [0.2, 0.25) is 0 Å². The van der Waals surface area contributed by atoms with Crippen molar-refractivity contribution < 1.29 is 4.74 Å². The SMILES string of the molecule is Cn1cncc1[C@@H]1C[C@@H](NCc2cc3ccccc3[nH]c2=O)CCO1. The van der Waals surface area contributed by atoms with Crippen LogP contribution in [0.15, 0.2) is 47.7 Å². The van der Waals surface area contributed by atoms with Crippen LogP contribution in [0.2, 0.25) is 0 Å². The van der Waals surface area contributed by atoms with Gasteiger partial charge in [-0.25, -0.2) is 4.98 Å². The number of aromatic nitrogens is 3. The van der Waals surface area contributed by atoms with Gasteiger partial charge >= 0.3 is 0 Å². The smallest absolute Gasteiger partial charge is 0.252 e. The molecule has 1 aliphatic rings. The molecule has 2 atom stereocenters. The number of pyridine rings is 1. The first-order valence-electron chi connectivity index (χ1n) is 8.63. The number of H-pyrrole nitrogens is 1. The molecule has 0 amide bonds. The summed E-state index contributed by atoms with van der Waals surface area (Å²) in [5.41, 5.74) is 2.71. The Bertz CT molecular complexity index is 930. The van der Waals surface area contributed by atoms with Gasteiger partial charge in [0.15, 0.2) is 0 Å². The summed E-state index contributed by atoms with van der Waals surface area (Å²) in [5.74, 6) is 0. The topological polar surface area (TPSA) is 71.9 Å². The number of ether oxygens (including phenoxy) is 1. The van der Waals surface area contributed by atoms with Crippen LogP contribution in [-0.4, -0.2) is 27.2 Å². The molecule has 3 aromatic rings. The molecule has 25 heavy (non-hydrogen) atoms. The number of nitrogens with zero attached hydrogens (tertiary/aromatic N) is 2. The number of imidazole rings is 1. The molecule has 1 aromatic carbocycles. The normalized spacial score (nSPS) is 20.8. The Morgan fingerprint density at radius 2 is 2.28 bits per heavy atom. The van der Waals surface area contributed by atoms with Gasteiger partial charge in [-0.15, -0.1) is 0 Å². The van der Waals surface area contributed by atoms with Gasteiger partial charge in [-0.2, -0.15) is 0 Å². The second-order valence-corrected chi connectivity index (χ2v) is 6.60. The largest absolute Gasteiger partial charge is 0.372 e. The Morgan fingerprint density at radius 3 is 3.12 bits per heavy atom. The van der Waals surface area contributed by atoms with Gasteiger partial charge in [0.1, 0.15) is 6.10 Å². The summed E-state index contributed by atoms with van der Waals surface area (Å²) in [5, 5.41) is 4.58. The second kappa shape index (κ2) is 6.82. The first-order valence-corrected chi connectivity index (χ1v) is 8.63. The Hall–Kier alpha value is -2.44. The monoisotopic (exact) mass is 338 g/mol. The quantitative estimate of drug-likeness (QED) is 0.765. The van der Waals surface area contributed by atoms with Gasteiger partial charge in [-0.1, -0.05) is 18.2 Å². The van der Waals surface area contributed by atoms with E-state index >= 15 is 0 Å². The molecular formula is C19H22N4O2. The van der Waals surface area contributed by atoms with Crippen molar-refractivity contribution in [1.82, 2.24) is 19.9 Å². The van der Waals surface area contributed by atoms with Crippen LogP contribution in [0, 0.1) is 0 Å². The van der Waals surface area contributed by atoms with Gasteiger partial charge in [-0.3, -0.25) is 4.79 Å². The highest BCUT2D eigenvalue weighted by atomic mass is 16.5. The average molecular weight is 338 g/mol. The van der Waals surface area contributed by atoms with Crippen LogP contribution >= 0.6 is 0 Å². The van der Waals surface area contributed by atoms with Crippen molar-refractivity contribution in [1.29, 1.82) is 0 Å². The third-order valence-corrected chi connectivity index (χ3v) is 4.88. The van der Waals surface area contributed by atoms with E-state index in [-0.39, 0.29) is 11.7 Å². The van der Waals surface area contributed by atoms with Crippen molar-refractivity contribution in [3.05, 3.63) is 64.5 Å². The third kappa shape index (κ3) is 3.36. The number of aryl methyl sites for hydroxylation is 1. The van der Waals surface area contributed by atoms with E-state index in [4.69, 9.17) is 4.74 Å². The maximum Gasteiger partial charge on any atom is 0.252 e. The van der Waals surface area contributed by atoms with Gasteiger partial charge in [0.05, 0.1) is 18.2 Å². The molecule has 0 radical (unpaired) electrons. The summed E-state index contributed by atoms with van der Waals surface area (Å²) in [6, 6.07) is 10.1. The maximum atomic E-state index is 12.3. The zero-order valence-corrected chi connectivity index (χ0v) is 14.2. The van der Waals surface area contributed by atoms with Crippen LogP contribution in [0.3, 0.4) is 0 Å². The van der Waals surface area contributed by atoms with Crippen LogP contribution < -0.4 is 10.9 Å². The average Bonchev–Trinajstić information content (AvgIpc) is 3.06. The van der Waals surface area contributed by atoms with E-state index in [1.807, 2.05) is 48.1 Å². The third-order valence-electron chi connectivity index (χ3n) is 4.88. The molecule has 1 aliphatic heterocycles. The van der Waals surface area contributed by atoms with Crippen LogP contribution in [0.4, 0.5) is 0 Å². The van der Waals surface area contributed by atoms with Crippen molar-refractivity contribution in [2.24, 2.45) is 7.05 Å². The molecule has 0 aliphatic carbocycles. The lowest BCUT2D eigenvalue weighted by atomic mass is 10.0. The van der Waals surface area contributed by atoms with E-state index in [0.29, 0.717) is 19.2 Å². The fourth-order valence-electron chi connectivity index (χ4n) is 3.44. The minimum absolute atomic E-state index is 0.0264. The molecule has 6 nitrogen and oxygen atoms in total. The summed E-state index contributed by atoms with van der Waals surface area (Å²) >= 11 is 0. The molecule has 1 saturated heterocycles. The Kier molecular flexibility index (Phi) is 4.38. The van der Waals surface area contributed by atoms with Gasteiger partial charge in [-0.05, 0) is 30.4 Å². The zero-order valence-electron chi connectivity index (χ0n) is 14.2. The Morgan fingerprint density at radius 1 is 1.40 bits per heavy atom. The van der Waals surface area contributed by atoms with Crippen LogP contribution in [-0.2, 0) is 18.3 Å². The van der Waals surface area contributed by atoms with Gasteiger partial charge in [0, 0.05) is 37.3 Å². The highest BCUT2D eigenvalue weighted by molar-refractivity contribution is 5.78. The number of fused-ring (bicyclic) bond motifs is 1. The summed E-state index contributed by atoms with van der Waals surface area (Å²) < 4.78 is 7.90. The van der Waals surface area contributed by atoms with Crippen molar-refractivity contribution in [2.75, 3.05) is 6.61 Å². The molecule has 0 bridgehead atoms. The fourth-order valence-corrected chi connectivity index (χ4v) is 3.44. The Labute approximate surface area is 145 Å².